The molecule has 0 heterocycles. The number of methoxy groups -OCH3 is 1. The van der Waals surface area contributed by atoms with Gasteiger partial charge in [-0.2, -0.15) is 0 Å². The summed E-state index contributed by atoms with van der Waals surface area (Å²) in [6.45, 7) is 0. The highest BCUT2D eigenvalue weighted by atomic mass is 35.5. The van der Waals surface area contributed by atoms with Crippen LogP contribution in [0.2, 0.25) is 5.02 Å². The van der Waals surface area contributed by atoms with Crippen LogP contribution >= 0.6 is 11.6 Å². The van der Waals surface area contributed by atoms with E-state index in [1.54, 1.807) is 0 Å². The van der Waals surface area contributed by atoms with Gasteiger partial charge in [0.1, 0.15) is 0 Å². The molecule has 7 heteroatoms. The fourth-order valence-electron chi connectivity index (χ4n) is 0.896. The second-order valence-electron chi connectivity index (χ2n) is 2.47. The van der Waals surface area contributed by atoms with Crippen LogP contribution in [0, 0.1) is 5.82 Å². The van der Waals surface area contributed by atoms with Crippen molar-refractivity contribution in [3.8, 4) is 5.75 Å². The molecule has 14 heavy (non-hydrogen) atoms. The quantitative estimate of drug-likeness (QED) is 0.841. The third kappa shape index (κ3) is 2.14. The lowest BCUT2D eigenvalue weighted by Gasteiger charge is -2.05. The minimum atomic E-state index is -3.95. The average Bonchev–Trinajstić information content (AvgIpc) is 2.01. The van der Waals surface area contributed by atoms with Crippen molar-refractivity contribution in [2.45, 2.75) is 4.90 Å². The number of halogens is 2. The van der Waals surface area contributed by atoms with E-state index in [4.69, 9.17) is 16.7 Å². The van der Waals surface area contributed by atoms with Gasteiger partial charge in [0, 0.05) is 0 Å². The Hall–Kier alpha value is -0.850. The van der Waals surface area contributed by atoms with Crippen LogP contribution < -0.4 is 9.88 Å². The second kappa shape index (κ2) is 3.72. The molecule has 0 spiro atoms. The third-order valence-electron chi connectivity index (χ3n) is 1.50. The van der Waals surface area contributed by atoms with E-state index in [0.717, 1.165) is 12.1 Å². The molecule has 0 aliphatic carbocycles. The molecule has 0 bridgehead atoms. The zero-order chi connectivity index (χ0) is 10.9. The molecule has 0 saturated carbocycles. The van der Waals surface area contributed by atoms with E-state index in [1.807, 2.05) is 0 Å². The molecule has 0 atom stereocenters. The average molecular weight is 240 g/mol. The summed E-state index contributed by atoms with van der Waals surface area (Å²) in [6, 6.07) is 1.78. The van der Waals surface area contributed by atoms with Gasteiger partial charge in [-0.1, -0.05) is 11.6 Å². The minimum absolute atomic E-state index is 0.142. The maximum atomic E-state index is 13.1. The number of primary sulfonamides is 1. The fraction of sp³-hybridized carbons (Fsp3) is 0.143. The van der Waals surface area contributed by atoms with Crippen molar-refractivity contribution in [2.24, 2.45) is 5.14 Å². The SMILES string of the molecule is COc1c(F)cc(S(N)(=O)=O)cc1Cl. The van der Waals surface area contributed by atoms with Gasteiger partial charge in [-0.05, 0) is 12.1 Å². The number of rotatable bonds is 2. The second-order valence-corrected chi connectivity index (χ2v) is 4.43. The zero-order valence-electron chi connectivity index (χ0n) is 7.12. The highest BCUT2D eigenvalue weighted by Gasteiger charge is 2.15. The van der Waals surface area contributed by atoms with Crippen molar-refractivity contribution >= 4 is 21.6 Å². The molecule has 1 aromatic carbocycles. The van der Waals surface area contributed by atoms with Crippen molar-refractivity contribution in [1.29, 1.82) is 0 Å². The lowest BCUT2D eigenvalue weighted by molar-refractivity contribution is 0.386. The summed E-state index contributed by atoms with van der Waals surface area (Å²) in [4.78, 5) is -0.388. The summed E-state index contributed by atoms with van der Waals surface area (Å²) in [5.74, 6) is -1.08. The highest BCUT2D eigenvalue weighted by molar-refractivity contribution is 7.89. The van der Waals surface area contributed by atoms with Crippen molar-refractivity contribution in [2.75, 3.05) is 7.11 Å². The van der Waals surface area contributed by atoms with Gasteiger partial charge in [0.05, 0.1) is 17.0 Å². The smallest absolute Gasteiger partial charge is 0.238 e. The van der Waals surface area contributed by atoms with Crippen LogP contribution in [0.1, 0.15) is 0 Å². The number of benzene rings is 1. The molecule has 1 aromatic rings. The van der Waals surface area contributed by atoms with E-state index in [-0.39, 0.29) is 15.7 Å². The predicted molar refractivity (Wildman–Crippen MR) is 49.3 cm³/mol. The van der Waals surface area contributed by atoms with Gasteiger partial charge < -0.3 is 4.74 Å². The molecule has 0 aromatic heterocycles. The van der Waals surface area contributed by atoms with Crippen molar-refractivity contribution < 1.29 is 17.5 Å². The number of hydrogen-bond acceptors (Lipinski definition) is 3. The molecule has 2 N–H and O–H groups in total. The molecule has 78 valence electrons. The summed E-state index contributed by atoms with van der Waals surface area (Å²) in [5, 5.41) is 4.65. The first-order chi connectivity index (χ1) is 6.36. The molecular weight excluding hydrogens is 233 g/mol. The van der Waals surface area contributed by atoms with Gasteiger partial charge in [-0.3, -0.25) is 0 Å². The van der Waals surface area contributed by atoms with Crippen molar-refractivity contribution in [3.05, 3.63) is 23.0 Å². The van der Waals surface area contributed by atoms with E-state index in [0.29, 0.717) is 0 Å². The first-order valence-corrected chi connectivity index (χ1v) is 5.34. The van der Waals surface area contributed by atoms with E-state index in [2.05, 4.69) is 4.74 Å². The Labute approximate surface area is 85.5 Å². The Morgan fingerprint density at radius 1 is 1.50 bits per heavy atom. The van der Waals surface area contributed by atoms with Gasteiger partial charge >= 0.3 is 0 Å². The number of nitrogens with two attached hydrogens (primary N) is 1. The normalized spacial score (nSPS) is 11.4. The molecule has 4 nitrogen and oxygen atoms in total. The van der Waals surface area contributed by atoms with E-state index in [1.165, 1.54) is 7.11 Å². The van der Waals surface area contributed by atoms with Crippen molar-refractivity contribution in [3.63, 3.8) is 0 Å². The van der Waals surface area contributed by atoms with Gasteiger partial charge in [0.25, 0.3) is 0 Å². The van der Waals surface area contributed by atoms with Gasteiger partial charge in [0.2, 0.25) is 10.0 Å². The van der Waals surface area contributed by atoms with E-state index < -0.39 is 15.8 Å². The van der Waals surface area contributed by atoms with Crippen LogP contribution in [0.25, 0.3) is 0 Å². The van der Waals surface area contributed by atoms with Gasteiger partial charge in [-0.15, -0.1) is 0 Å². The fourth-order valence-corrected chi connectivity index (χ4v) is 1.80. The van der Waals surface area contributed by atoms with Crippen LogP contribution in [0.3, 0.4) is 0 Å². The summed E-state index contributed by atoms with van der Waals surface area (Å²) in [5.41, 5.74) is 0. The lowest BCUT2D eigenvalue weighted by atomic mass is 10.3. The van der Waals surface area contributed by atoms with Crippen LogP contribution in [-0.2, 0) is 10.0 Å². The Morgan fingerprint density at radius 2 is 2.07 bits per heavy atom. The maximum absolute atomic E-state index is 13.1. The molecule has 0 saturated heterocycles. The van der Waals surface area contributed by atoms with Crippen LogP contribution in [0.15, 0.2) is 17.0 Å². The summed E-state index contributed by atoms with van der Waals surface area (Å²) in [6.07, 6.45) is 0. The topological polar surface area (TPSA) is 69.4 Å². The largest absolute Gasteiger partial charge is 0.492 e. The molecule has 0 amide bonds. The standard InChI is InChI=1S/C7H7ClFNO3S/c1-13-7-5(8)2-4(3-6(7)9)14(10,11)12/h2-3H,1H3,(H2,10,11,12). The summed E-state index contributed by atoms with van der Waals surface area (Å²) < 4.78 is 39.4. The Bertz CT molecular complexity index is 437. The van der Waals surface area contributed by atoms with Crippen LogP contribution in [0.5, 0.6) is 5.75 Å². The molecule has 0 aliphatic rings. The molecule has 1 rings (SSSR count). The van der Waals surface area contributed by atoms with E-state index >= 15 is 0 Å². The molecular formula is C7H7ClFNO3S. The monoisotopic (exact) mass is 239 g/mol. The Balaban J connectivity index is 3.43. The van der Waals surface area contributed by atoms with Gasteiger partial charge in [0.15, 0.2) is 11.6 Å². The Morgan fingerprint density at radius 3 is 2.43 bits per heavy atom. The van der Waals surface area contributed by atoms with Crippen LogP contribution in [0.4, 0.5) is 4.39 Å². The minimum Gasteiger partial charge on any atom is -0.492 e. The van der Waals surface area contributed by atoms with Crippen molar-refractivity contribution in [1.82, 2.24) is 0 Å². The zero-order valence-corrected chi connectivity index (χ0v) is 8.69. The highest BCUT2D eigenvalue weighted by Crippen LogP contribution is 2.29. The van der Waals surface area contributed by atoms with E-state index in [9.17, 15) is 12.8 Å². The number of sulfonamides is 1. The Kier molecular flexibility index (Phi) is 2.98. The molecule has 0 aliphatic heterocycles. The molecule has 0 radical (unpaired) electrons. The number of ether oxygens (including phenoxy) is 1. The molecule has 0 fully saturated rings. The third-order valence-corrected chi connectivity index (χ3v) is 2.68. The van der Waals surface area contributed by atoms with Gasteiger partial charge in [-0.25, -0.2) is 17.9 Å². The number of hydrogen-bond donors (Lipinski definition) is 1. The summed E-state index contributed by atoms with van der Waals surface area (Å²) >= 11 is 5.56. The lowest BCUT2D eigenvalue weighted by Crippen LogP contribution is -2.12. The summed E-state index contributed by atoms with van der Waals surface area (Å²) in [7, 11) is -2.73. The molecule has 0 unspecified atom stereocenters. The first kappa shape index (κ1) is 11.2. The maximum Gasteiger partial charge on any atom is 0.238 e. The van der Waals surface area contributed by atoms with Crippen LogP contribution in [-0.4, -0.2) is 15.5 Å². The first-order valence-electron chi connectivity index (χ1n) is 3.42. The predicted octanol–water partition coefficient (Wildman–Crippen LogP) is 1.14.